The largest absolute Gasteiger partial charge is 0.289 e. The summed E-state index contributed by atoms with van der Waals surface area (Å²) in [5.74, 6) is 0.417. The molecule has 3 nitrogen and oxygen atoms in total. The minimum absolute atomic E-state index is 0.0206. The molecule has 0 saturated heterocycles. The van der Waals surface area contributed by atoms with Crippen molar-refractivity contribution in [2.24, 2.45) is 0 Å². The average molecular weight is 234 g/mol. The van der Waals surface area contributed by atoms with Gasteiger partial charge in [0.15, 0.2) is 0 Å². The van der Waals surface area contributed by atoms with Crippen LogP contribution in [0, 0.1) is 0 Å². The van der Waals surface area contributed by atoms with E-state index in [9.17, 15) is 4.79 Å². The highest BCUT2D eigenvalue weighted by molar-refractivity contribution is 5.82. The normalized spacial score (nSPS) is 12.9. The van der Waals surface area contributed by atoms with E-state index in [2.05, 4.69) is 31.4 Å². The molecular weight excluding hydrogens is 212 g/mol. The second kappa shape index (κ2) is 5.82. The van der Waals surface area contributed by atoms with E-state index in [0.717, 1.165) is 5.56 Å². The lowest BCUT2D eigenvalue weighted by Crippen LogP contribution is -2.38. The Balaban J connectivity index is 2.75. The van der Waals surface area contributed by atoms with Crippen molar-refractivity contribution in [2.75, 3.05) is 14.1 Å². The number of hydrogen-bond acceptors (Lipinski definition) is 2. The third kappa shape index (κ3) is 3.86. The summed E-state index contributed by atoms with van der Waals surface area (Å²) in [4.78, 5) is 11.8. The minimum atomic E-state index is -0.126. The number of amides is 1. The van der Waals surface area contributed by atoms with Crippen molar-refractivity contribution in [2.45, 2.75) is 32.6 Å². The van der Waals surface area contributed by atoms with E-state index in [1.165, 1.54) is 5.56 Å². The number of carbonyl (C=O) groups is 1. The van der Waals surface area contributed by atoms with Crippen LogP contribution in [0.2, 0.25) is 0 Å². The molecular formula is C14H22N2O. The summed E-state index contributed by atoms with van der Waals surface area (Å²) in [5, 5.41) is 1.67. The van der Waals surface area contributed by atoms with Gasteiger partial charge in [0.05, 0.1) is 5.92 Å². The van der Waals surface area contributed by atoms with Gasteiger partial charge in [0.2, 0.25) is 5.91 Å². The number of rotatable bonds is 4. The monoisotopic (exact) mass is 234 g/mol. The Morgan fingerprint density at radius 2 is 1.53 bits per heavy atom. The van der Waals surface area contributed by atoms with Crippen LogP contribution in [0.25, 0.3) is 0 Å². The van der Waals surface area contributed by atoms with Crippen molar-refractivity contribution in [3.05, 3.63) is 35.4 Å². The number of benzene rings is 1. The van der Waals surface area contributed by atoms with Gasteiger partial charge in [-0.05, 0) is 24.0 Å². The predicted molar refractivity (Wildman–Crippen MR) is 70.8 cm³/mol. The summed E-state index contributed by atoms with van der Waals surface area (Å²) in [6.07, 6.45) is 0. The fourth-order valence-corrected chi connectivity index (χ4v) is 1.64. The molecule has 1 N–H and O–H groups in total. The highest BCUT2D eigenvalue weighted by atomic mass is 16.2. The van der Waals surface area contributed by atoms with Crippen molar-refractivity contribution >= 4 is 5.91 Å². The number of carbonyl (C=O) groups excluding carboxylic acids is 1. The molecule has 1 atom stereocenters. The highest BCUT2D eigenvalue weighted by Crippen LogP contribution is 2.20. The Kier molecular flexibility index (Phi) is 4.70. The molecule has 1 amide bonds. The average Bonchev–Trinajstić information content (AvgIpc) is 2.27. The molecule has 0 aromatic heterocycles. The van der Waals surface area contributed by atoms with E-state index in [1.54, 1.807) is 5.01 Å². The first-order valence-electron chi connectivity index (χ1n) is 5.99. The van der Waals surface area contributed by atoms with Gasteiger partial charge in [-0.2, -0.15) is 0 Å². The molecule has 1 aromatic carbocycles. The van der Waals surface area contributed by atoms with Crippen molar-refractivity contribution < 1.29 is 4.79 Å². The summed E-state index contributed by atoms with van der Waals surface area (Å²) in [5.41, 5.74) is 5.12. The number of hydrogen-bond donors (Lipinski definition) is 1. The molecule has 1 aromatic rings. The molecule has 0 aliphatic heterocycles. The Labute approximate surface area is 104 Å². The van der Waals surface area contributed by atoms with Crippen LogP contribution in [0.5, 0.6) is 0 Å². The van der Waals surface area contributed by atoms with Gasteiger partial charge in [0.1, 0.15) is 0 Å². The van der Waals surface area contributed by atoms with E-state index in [0.29, 0.717) is 5.92 Å². The van der Waals surface area contributed by atoms with Gasteiger partial charge < -0.3 is 0 Å². The zero-order chi connectivity index (χ0) is 13.0. The van der Waals surface area contributed by atoms with Crippen molar-refractivity contribution in [3.63, 3.8) is 0 Å². The maximum Gasteiger partial charge on any atom is 0.241 e. The van der Waals surface area contributed by atoms with Gasteiger partial charge in [0.25, 0.3) is 0 Å². The zero-order valence-corrected chi connectivity index (χ0v) is 11.3. The standard InChI is InChI=1S/C14H22N2O/c1-10(2)12-6-8-13(9-7-12)11(3)14(17)15-16(4)5/h6-11H,1-5H3,(H,15,17). The molecule has 0 saturated carbocycles. The van der Waals surface area contributed by atoms with Crippen molar-refractivity contribution in [1.82, 2.24) is 10.4 Å². The second-order valence-corrected chi connectivity index (χ2v) is 4.91. The van der Waals surface area contributed by atoms with Crippen molar-refractivity contribution in [3.8, 4) is 0 Å². The number of nitrogens with one attached hydrogen (secondary N) is 1. The highest BCUT2D eigenvalue weighted by Gasteiger charge is 2.15. The molecule has 0 aliphatic rings. The Bertz CT molecular complexity index is 368. The topological polar surface area (TPSA) is 32.3 Å². The molecule has 0 spiro atoms. The molecule has 0 bridgehead atoms. The van der Waals surface area contributed by atoms with Crippen LogP contribution in [0.4, 0.5) is 0 Å². The summed E-state index contributed by atoms with van der Waals surface area (Å²) >= 11 is 0. The summed E-state index contributed by atoms with van der Waals surface area (Å²) < 4.78 is 0. The Hall–Kier alpha value is -1.35. The third-order valence-corrected chi connectivity index (χ3v) is 2.83. The van der Waals surface area contributed by atoms with Crippen LogP contribution in [0.3, 0.4) is 0 Å². The molecule has 17 heavy (non-hydrogen) atoms. The fraction of sp³-hybridized carbons (Fsp3) is 0.500. The molecule has 3 heteroatoms. The third-order valence-electron chi connectivity index (χ3n) is 2.83. The van der Waals surface area contributed by atoms with Gasteiger partial charge >= 0.3 is 0 Å². The van der Waals surface area contributed by atoms with Crippen LogP contribution >= 0.6 is 0 Å². The van der Waals surface area contributed by atoms with Crippen LogP contribution in [0.15, 0.2) is 24.3 Å². The zero-order valence-electron chi connectivity index (χ0n) is 11.3. The molecule has 0 radical (unpaired) electrons. The first-order valence-corrected chi connectivity index (χ1v) is 5.99. The van der Waals surface area contributed by atoms with Gasteiger partial charge in [-0.25, -0.2) is 5.01 Å². The summed E-state index contributed by atoms with van der Waals surface area (Å²) in [7, 11) is 3.62. The quantitative estimate of drug-likeness (QED) is 0.812. The van der Waals surface area contributed by atoms with E-state index < -0.39 is 0 Å². The SMILES string of the molecule is CC(C)c1ccc(C(C)C(=O)NN(C)C)cc1. The van der Waals surface area contributed by atoms with Crippen LogP contribution in [-0.4, -0.2) is 25.0 Å². The van der Waals surface area contributed by atoms with E-state index >= 15 is 0 Å². The maximum absolute atomic E-state index is 11.8. The van der Waals surface area contributed by atoms with E-state index in [1.807, 2.05) is 33.2 Å². The smallest absolute Gasteiger partial charge is 0.241 e. The number of nitrogens with zero attached hydrogens (tertiary/aromatic N) is 1. The first-order chi connectivity index (χ1) is 7.91. The lowest BCUT2D eigenvalue weighted by molar-refractivity contribution is -0.125. The lowest BCUT2D eigenvalue weighted by Gasteiger charge is -2.17. The molecule has 0 fully saturated rings. The van der Waals surface area contributed by atoms with Gasteiger partial charge in [-0.3, -0.25) is 10.2 Å². The van der Waals surface area contributed by atoms with Gasteiger partial charge in [-0.1, -0.05) is 38.1 Å². The molecule has 0 heterocycles. The van der Waals surface area contributed by atoms with Crippen LogP contribution < -0.4 is 5.43 Å². The molecule has 1 rings (SSSR count). The van der Waals surface area contributed by atoms with Gasteiger partial charge in [0, 0.05) is 14.1 Å². The number of hydrazine groups is 1. The molecule has 0 aliphatic carbocycles. The fourth-order valence-electron chi connectivity index (χ4n) is 1.64. The minimum Gasteiger partial charge on any atom is -0.289 e. The van der Waals surface area contributed by atoms with Crippen LogP contribution in [-0.2, 0) is 4.79 Å². The second-order valence-electron chi connectivity index (χ2n) is 4.91. The lowest BCUT2D eigenvalue weighted by atomic mass is 9.96. The predicted octanol–water partition coefficient (Wildman–Crippen LogP) is 2.51. The first kappa shape index (κ1) is 13.7. The van der Waals surface area contributed by atoms with E-state index in [4.69, 9.17) is 0 Å². The molecule has 94 valence electrons. The Morgan fingerprint density at radius 3 is 1.94 bits per heavy atom. The summed E-state index contributed by atoms with van der Waals surface area (Å²) in [6.45, 7) is 6.25. The van der Waals surface area contributed by atoms with Crippen molar-refractivity contribution in [1.29, 1.82) is 0 Å². The van der Waals surface area contributed by atoms with E-state index in [-0.39, 0.29) is 11.8 Å². The van der Waals surface area contributed by atoms with Crippen LogP contribution in [0.1, 0.15) is 43.7 Å². The molecule has 1 unspecified atom stereocenters. The Morgan fingerprint density at radius 1 is 1.06 bits per heavy atom. The van der Waals surface area contributed by atoms with Gasteiger partial charge in [-0.15, -0.1) is 0 Å². The summed E-state index contributed by atoms with van der Waals surface area (Å²) in [6, 6.07) is 8.27. The maximum atomic E-state index is 11.8.